The minimum absolute atomic E-state index is 0.176. The third kappa shape index (κ3) is 4.71. The van der Waals surface area contributed by atoms with Gasteiger partial charge >= 0.3 is 5.97 Å². The molecule has 0 fully saturated rings. The lowest BCUT2D eigenvalue weighted by atomic mass is 10.1. The van der Waals surface area contributed by atoms with Crippen molar-refractivity contribution >= 4 is 45.2 Å². The second-order valence-corrected chi connectivity index (χ2v) is 7.09. The maximum atomic E-state index is 11.9. The molecule has 1 aromatic heterocycles. The van der Waals surface area contributed by atoms with Crippen molar-refractivity contribution < 1.29 is 14.7 Å². The molecule has 1 heterocycles. The first-order chi connectivity index (χ1) is 10.6. The highest BCUT2D eigenvalue weighted by Gasteiger charge is 2.19. The zero-order valence-electron chi connectivity index (χ0n) is 12.2. The highest BCUT2D eigenvalue weighted by atomic mass is 32.2. The number of para-hydroxylation sites is 1. The first-order valence-corrected chi connectivity index (χ1v) is 8.91. The van der Waals surface area contributed by atoms with Crippen LogP contribution in [0.25, 0.3) is 10.2 Å². The molecule has 0 saturated carbocycles. The number of nitrogens with zero attached hydrogens (tertiary/aromatic N) is 1. The summed E-state index contributed by atoms with van der Waals surface area (Å²) in [6.45, 7) is 1.99. The molecule has 0 saturated heterocycles. The molecule has 1 aromatic carbocycles. The Morgan fingerprint density at radius 2 is 2.18 bits per heavy atom. The Morgan fingerprint density at radius 1 is 1.41 bits per heavy atom. The number of unbranched alkanes of at least 4 members (excludes halogenated alkanes) is 1. The van der Waals surface area contributed by atoms with Gasteiger partial charge in [0.15, 0.2) is 4.34 Å². The molecular formula is C15H18N2O3S2. The number of hydrogen-bond acceptors (Lipinski definition) is 5. The van der Waals surface area contributed by atoms with Gasteiger partial charge in [-0.25, -0.2) is 9.78 Å². The van der Waals surface area contributed by atoms with Crippen LogP contribution in [-0.4, -0.2) is 33.8 Å². The van der Waals surface area contributed by atoms with Crippen LogP contribution in [0.1, 0.15) is 26.2 Å². The Morgan fingerprint density at radius 3 is 2.86 bits per heavy atom. The zero-order valence-corrected chi connectivity index (χ0v) is 13.9. The first kappa shape index (κ1) is 16.8. The summed E-state index contributed by atoms with van der Waals surface area (Å²) in [7, 11) is 0. The normalized spacial score (nSPS) is 12.2. The van der Waals surface area contributed by atoms with E-state index in [-0.39, 0.29) is 11.7 Å². The van der Waals surface area contributed by atoms with E-state index in [1.165, 1.54) is 23.1 Å². The number of thioether (sulfide) groups is 1. The monoisotopic (exact) mass is 338 g/mol. The fourth-order valence-electron chi connectivity index (χ4n) is 1.94. The average Bonchev–Trinajstić information content (AvgIpc) is 2.92. The van der Waals surface area contributed by atoms with Crippen LogP contribution in [0.15, 0.2) is 28.6 Å². The predicted octanol–water partition coefficient (Wildman–Crippen LogP) is 3.15. The highest BCUT2D eigenvalue weighted by molar-refractivity contribution is 8.01. The Kier molecular flexibility index (Phi) is 6.21. The van der Waals surface area contributed by atoms with Crippen LogP contribution in [0.3, 0.4) is 0 Å². The van der Waals surface area contributed by atoms with E-state index in [1.807, 2.05) is 31.2 Å². The summed E-state index contributed by atoms with van der Waals surface area (Å²) >= 11 is 2.87. The molecule has 7 heteroatoms. The number of nitrogens with one attached hydrogen (secondary N) is 1. The summed E-state index contributed by atoms with van der Waals surface area (Å²) in [5.41, 5.74) is 0.918. The van der Waals surface area contributed by atoms with Crippen LogP contribution in [0.4, 0.5) is 0 Å². The Balaban J connectivity index is 1.87. The number of aliphatic carboxylic acids is 1. The molecule has 1 unspecified atom stereocenters. The van der Waals surface area contributed by atoms with Crippen LogP contribution < -0.4 is 5.32 Å². The predicted molar refractivity (Wildman–Crippen MR) is 89.4 cm³/mol. The molecule has 0 aliphatic heterocycles. The van der Waals surface area contributed by atoms with Gasteiger partial charge in [-0.3, -0.25) is 4.79 Å². The molecule has 118 valence electrons. The van der Waals surface area contributed by atoms with Gasteiger partial charge in [0.05, 0.1) is 16.0 Å². The molecule has 22 heavy (non-hydrogen) atoms. The molecule has 2 aromatic rings. The van der Waals surface area contributed by atoms with E-state index in [9.17, 15) is 9.59 Å². The molecule has 0 aliphatic carbocycles. The van der Waals surface area contributed by atoms with Gasteiger partial charge < -0.3 is 10.4 Å². The summed E-state index contributed by atoms with van der Waals surface area (Å²) in [6.07, 6.45) is 2.14. The van der Waals surface area contributed by atoms with Crippen molar-refractivity contribution in [3.05, 3.63) is 24.3 Å². The Hall–Kier alpha value is -1.60. The van der Waals surface area contributed by atoms with Crippen molar-refractivity contribution in [2.45, 2.75) is 36.6 Å². The molecule has 0 bridgehead atoms. The second kappa shape index (κ2) is 8.14. The first-order valence-electron chi connectivity index (χ1n) is 7.10. The molecule has 0 aliphatic rings. The molecular weight excluding hydrogens is 320 g/mol. The number of aromatic nitrogens is 1. The van der Waals surface area contributed by atoms with Crippen molar-refractivity contribution in [3.63, 3.8) is 0 Å². The van der Waals surface area contributed by atoms with Crippen molar-refractivity contribution in [3.8, 4) is 0 Å². The van der Waals surface area contributed by atoms with Crippen molar-refractivity contribution in [1.82, 2.24) is 10.3 Å². The van der Waals surface area contributed by atoms with Crippen LogP contribution in [0.5, 0.6) is 0 Å². The summed E-state index contributed by atoms with van der Waals surface area (Å²) in [4.78, 5) is 27.4. The highest BCUT2D eigenvalue weighted by Crippen LogP contribution is 2.29. The quantitative estimate of drug-likeness (QED) is 0.723. The molecule has 2 rings (SSSR count). The van der Waals surface area contributed by atoms with Crippen molar-refractivity contribution in [1.29, 1.82) is 0 Å². The number of carboxylic acid groups (broad SMARTS) is 1. The molecule has 0 radical (unpaired) electrons. The standard InChI is InChI=1S/C15H18N2O3S2/c1-2-3-6-11(14(19)20)16-13(18)9-21-15-17-10-7-4-5-8-12(10)22-15/h4-5,7-8,11H,2-3,6,9H2,1H3,(H,16,18)(H,19,20). The van der Waals surface area contributed by atoms with E-state index in [1.54, 1.807) is 0 Å². The van der Waals surface area contributed by atoms with Gasteiger partial charge in [-0.15, -0.1) is 11.3 Å². The summed E-state index contributed by atoms with van der Waals surface area (Å²) in [5, 5.41) is 11.7. The third-order valence-corrected chi connectivity index (χ3v) is 5.26. The molecule has 2 N–H and O–H groups in total. The van der Waals surface area contributed by atoms with E-state index in [2.05, 4.69) is 10.3 Å². The van der Waals surface area contributed by atoms with Gasteiger partial charge in [0.2, 0.25) is 5.91 Å². The lowest BCUT2D eigenvalue weighted by Gasteiger charge is -2.13. The fraction of sp³-hybridized carbons (Fsp3) is 0.400. The minimum atomic E-state index is -0.980. The van der Waals surface area contributed by atoms with E-state index >= 15 is 0 Å². The topological polar surface area (TPSA) is 79.3 Å². The van der Waals surface area contributed by atoms with Crippen LogP contribution in [-0.2, 0) is 9.59 Å². The van der Waals surface area contributed by atoms with Crippen LogP contribution >= 0.6 is 23.1 Å². The minimum Gasteiger partial charge on any atom is -0.480 e. The van der Waals surface area contributed by atoms with Gasteiger partial charge in [0.25, 0.3) is 0 Å². The maximum absolute atomic E-state index is 11.9. The van der Waals surface area contributed by atoms with E-state index in [0.717, 1.165) is 27.4 Å². The smallest absolute Gasteiger partial charge is 0.326 e. The molecule has 0 spiro atoms. The summed E-state index contributed by atoms with van der Waals surface area (Å²) in [5.74, 6) is -1.07. The van der Waals surface area contributed by atoms with Gasteiger partial charge in [0, 0.05) is 0 Å². The lowest BCUT2D eigenvalue weighted by Crippen LogP contribution is -2.41. The zero-order chi connectivity index (χ0) is 15.9. The number of rotatable bonds is 8. The number of carbonyl (C=O) groups is 2. The van der Waals surface area contributed by atoms with E-state index in [0.29, 0.717) is 6.42 Å². The third-order valence-electron chi connectivity index (χ3n) is 3.08. The van der Waals surface area contributed by atoms with E-state index in [4.69, 9.17) is 5.11 Å². The number of thiazole rings is 1. The number of hydrogen-bond donors (Lipinski definition) is 2. The number of carbonyl (C=O) groups excluding carboxylic acids is 1. The number of fused-ring (bicyclic) bond motifs is 1. The molecule has 1 amide bonds. The average molecular weight is 338 g/mol. The van der Waals surface area contributed by atoms with Crippen molar-refractivity contribution in [2.24, 2.45) is 0 Å². The summed E-state index contributed by atoms with van der Waals surface area (Å²) in [6, 6.07) is 6.99. The van der Waals surface area contributed by atoms with Crippen molar-refractivity contribution in [2.75, 3.05) is 5.75 Å². The Labute approximate surface area is 137 Å². The Bertz CT molecular complexity index is 624. The van der Waals surface area contributed by atoms with Crippen LogP contribution in [0, 0.1) is 0 Å². The lowest BCUT2D eigenvalue weighted by molar-refractivity contribution is -0.141. The molecule has 1 atom stereocenters. The number of amides is 1. The van der Waals surface area contributed by atoms with Gasteiger partial charge in [-0.2, -0.15) is 0 Å². The maximum Gasteiger partial charge on any atom is 0.326 e. The SMILES string of the molecule is CCCCC(NC(=O)CSc1nc2ccccc2s1)C(=O)O. The second-order valence-electron chi connectivity index (χ2n) is 4.84. The van der Waals surface area contributed by atoms with Crippen LogP contribution in [0.2, 0.25) is 0 Å². The largest absolute Gasteiger partial charge is 0.480 e. The fourth-order valence-corrected chi connectivity index (χ4v) is 3.82. The van der Waals surface area contributed by atoms with Gasteiger partial charge in [-0.05, 0) is 18.6 Å². The van der Waals surface area contributed by atoms with Gasteiger partial charge in [0.1, 0.15) is 6.04 Å². The summed E-state index contributed by atoms with van der Waals surface area (Å²) < 4.78 is 1.90. The van der Waals surface area contributed by atoms with E-state index < -0.39 is 12.0 Å². The molecule has 5 nitrogen and oxygen atoms in total. The number of benzene rings is 1. The van der Waals surface area contributed by atoms with Gasteiger partial charge in [-0.1, -0.05) is 43.7 Å². The number of carboxylic acids is 1.